The number of carbonyl (C=O) groups is 2. The highest BCUT2D eigenvalue weighted by Gasteiger charge is 2.26. The summed E-state index contributed by atoms with van der Waals surface area (Å²) >= 11 is 0. The van der Waals surface area contributed by atoms with E-state index < -0.39 is 28.5 Å². The van der Waals surface area contributed by atoms with Crippen LogP contribution in [0.15, 0.2) is 41.4 Å². The van der Waals surface area contributed by atoms with Gasteiger partial charge in [-0.1, -0.05) is 32.9 Å². The van der Waals surface area contributed by atoms with E-state index in [1.165, 1.54) is 21.1 Å². The second kappa shape index (κ2) is 9.71. The highest BCUT2D eigenvalue weighted by atomic mass is 32.2. The average molecular weight is 422 g/mol. The van der Waals surface area contributed by atoms with Crippen molar-refractivity contribution >= 4 is 27.6 Å². The first-order valence-corrected chi connectivity index (χ1v) is 10.9. The van der Waals surface area contributed by atoms with Crippen LogP contribution in [-0.2, 0) is 33.0 Å². The lowest BCUT2D eigenvalue weighted by molar-refractivity contribution is -0.119. The molecule has 0 saturated carbocycles. The summed E-state index contributed by atoms with van der Waals surface area (Å²) < 4.78 is 32.9. The number of nitrogens with one attached hydrogen (secondary N) is 1. The Labute approximate surface area is 171 Å². The minimum atomic E-state index is -3.69. The number of esters is 1. The summed E-state index contributed by atoms with van der Waals surface area (Å²) in [4.78, 5) is 24.4. The number of aryl methyl sites for hydroxylation is 2. The zero-order chi connectivity index (χ0) is 21.6. The molecular weight excluding hydrogens is 394 g/mol. The summed E-state index contributed by atoms with van der Waals surface area (Å²) in [7, 11) is -2.14. The molecule has 158 valence electrons. The molecule has 2 aromatic rings. The topological polar surface area (TPSA) is 97.7 Å². The van der Waals surface area contributed by atoms with E-state index in [0.29, 0.717) is 18.8 Å². The van der Waals surface area contributed by atoms with Gasteiger partial charge in [0.05, 0.1) is 0 Å². The molecule has 1 heterocycles. The average Bonchev–Trinajstić information content (AvgIpc) is 3.09. The van der Waals surface area contributed by atoms with Crippen LogP contribution in [0.3, 0.4) is 0 Å². The first-order valence-electron chi connectivity index (χ1n) is 9.45. The van der Waals surface area contributed by atoms with E-state index in [1.54, 1.807) is 27.0 Å². The van der Waals surface area contributed by atoms with Crippen molar-refractivity contribution in [3.05, 3.63) is 47.8 Å². The van der Waals surface area contributed by atoms with E-state index in [4.69, 9.17) is 4.74 Å². The number of ether oxygens (including phenoxy) is 1. The first kappa shape index (κ1) is 22.6. The summed E-state index contributed by atoms with van der Waals surface area (Å²) in [6.45, 7) is 5.68. The van der Waals surface area contributed by atoms with Crippen molar-refractivity contribution in [2.75, 3.05) is 25.0 Å². The maximum atomic E-state index is 12.6. The first-order chi connectivity index (χ1) is 13.7. The second-order valence-corrected chi connectivity index (χ2v) is 8.38. The molecule has 1 aromatic carbocycles. The van der Waals surface area contributed by atoms with Crippen LogP contribution in [0, 0.1) is 0 Å². The summed E-state index contributed by atoms with van der Waals surface area (Å²) in [5.74, 6) is -1.25. The van der Waals surface area contributed by atoms with Gasteiger partial charge in [0.2, 0.25) is 10.0 Å². The van der Waals surface area contributed by atoms with Gasteiger partial charge in [-0.25, -0.2) is 13.2 Å². The fourth-order valence-corrected chi connectivity index (χ4v) is 4.39. The molecule has 0 atom stereocenters. The van der Waals surface area contributed by atoms with Gasteiger partial charge in [-0.05, 0) is 30.2 Å². The zero-order valence-electron chi connectivity index (χ0n) is 17.1. The molecule has 0 unspecified atom stereocenters. The number of hydrogen-bond donors (Lipinski definition) is 1. The van der Waals surface area contributed by atoms with Crippen molar-refractivity contribution in [2.24, 2.45) is 7.05 Å². The summed E-state index contributed by atoms with van der Waals surface area (Å²) in [6.07, 6.45) is 2.20. The normalized spacial score (nSPS) is 11.5. The number of carbonyl (C=O) groups excluding carboxylic acids is 2. The summed E-state index contributed by atoms with van der Waals surface area (Å²) in [5, 5.41) is 2.67. The van der Waals surface area contributed by atoms with E-state index >= 15 is 0 Å². The predicted octanol–water partition coefficient (Wildman–Crippen LogP) is 2.41. The van der Waals surface area contributed by atoms with Crippen LogP contribution in [-0.4, -0.2) is 48.9 Å². The minimum Gasteiger partial charge on any atom is -0.451 e. The number of hydrogen-bond acceptors (Lipinski definition) is 5. The SMILES string of the molecule is CCc1cccc(NC(=O)COC(=O)c2cc(S(=O)(=O)N(CC)CC)cn2C)c1. The van der Waals surface area contributed by atoms with Crippen molar-refractivity contribution < 1.29 is 22.7 Å². The largest absolute Gasteiger partial charge is 0.451 e. The smallest absolute Gasteiger partial charge is 0.355 e. The van der Waals surface area contributed by atoms with Crippen molar-refractivity contribution in [1.29, 1.82) is 0 Å². The number of amides is 1. The van der Waals surface area contributed by atoms with Crippen molar-refractivity contribution in [3.8, 4) is 0 Å². The van der Waals surface area contributed by atoms with Crippen LogP contribution < -0.4 is 5.32 Å². The van der Waals surface area contributed by atoms with Crippen molar-refractivity contribution in [1.82, 2.24) is 8.87 Å². The molecule has 1 N–H and O–H groups in total. The molecule has 1 amide bonds. The van der Waals surface area contributed by atoms with Gasteiger partial charge < -0.3 is 14.6 Å². The third-order valence-electron chi connectivity index (χ3n) is 4.49. The third kappa shape index (κ3) is 5.45. The van der Waals surface area contributed by atoms with Crippen LogP contribution in [0.25, 0.3) is 0 Å². The number of sulfonamides is 1. The van der Waals surface area contributed by atoms with E-state index in [0.717, 1.165) is 12.0 Å². The Hall–Kier alpha value is -2.65. The van der Waals surface area contributed by atoms with Gasteiger partial charge in [0, 0.05) is 32.0 Å². The highest BCUT2D eigenvalue weighted by molar-refractivity contribution is 7.89. The summed E-state index contributed by atoms with van der Waals surface area (Å²) in [5.41, 5.74) is 1.75. The standard InChI is InChI=1S/C20H27N3O5S/c1-5-15-9-8-10-16(11-15)21-19(24)14-28-20(25)18-12-17(13-22(18)4)29(26,27)23(6-2)7-3/h8-13H,5-7,14H2,1-4H3,(H,21,24). The maximum Gasteiger partial charge on any atom is 0.355 e. The fourth-order valence-electron chi connectivity index (χ4n) is 2.86. The van der Waals surface area contributed by atoms with E-state index in [9.17, 15) is 18.0 Å². The molecule has 0 aliphatic carbocycles. The molecule has 0 bridgehead atoms. The molecule has 0 spiro atoms. The maximum absolute atomic E-state index is 12.6. The number of anilines is 1. The third-order valence-corrected chi connectivity index (χ3v) is 6.50. The van der Waals surface area contributed by atoms with E-state index in [2.05, 4.69) is 5.32 Å². The molecule has 8 nitrogen and oxygen atoms in total. The lowest BCUT2D eigenvalue weighted by Crippen LogP contribution is -2.30. The Bertz CT molecular complexity index is 978. The quantitative estimate of drug-likeness (QED) is 0.627. The molecular formula is C20H27N3O5S. The molecule has 0 aliphatic rings. The van der Waals surface area contributed by atoms with Gasteiger partial charge in [0.1, 0.15) is 10.6 Å². The second-order valence-electron chi connectivity index (χ2n) is 6.44. The molecule has 0 saturated heterocycles. The Morgan fingerprint density at radius 3 is 2.45 bits per heavy atom. The Morgan fingerprint density at radius 1 is 1.14 bits per heavy atom. The molecule has 29 heavy (non-hydrogen) atoms. The molecule has 0 aliphatic heterocycles. The van der Waals surface area contributed by atoms with E-state index in [-0.39, 0.29) is 10.6 Å². The number of rotatable bonds is 9. The monoisotopic (exact) mass is 421 g/mol. The van der Waals surface area contributed by atoms with Crippen LogP contribution in [0.1, 0.15) is 36.8 Å². The molecule has 0 radical (unpaired) electrons. The van der Waals surface area contributed by atoms with Gasteiger partial charge in [-0.2, -0.15) is 4.31 Å². The number of benzene rings is 1. The van der Waals surface area contributed by atoms with Crippen molar-refractivity contribution in [2.45, 2.75) is 32.1 Å². The fraction of sp³-hybridized carbons (Fsp3) is 0.400. The van der Waals surface area contributed by atoms with Gasteiger partial charge in [-0.15, -0.1) is 0 Å². The van der Waals surface area contributed by atoms with E-state index in [1.807, 2.05) is 25.1 Å². The van der Waals surface area contributed by atoms with Crippen LogP contribution in [0.5, 0.6) is 0 Å². The van der Waals surface area contributed by atoms with Gasteiger partial charge in [0.25, 0.3) is 5.91 Å². The lowest BCUT2D eigenvalue weighted by Gasteiger charge is -2.17. The predicted molar refractivity (Wildman–Crippen MR) is 110 cm³/mol. The van der Waals surface area contributed by atoms with Crippen LogP contribution >= 0.6 is 0 Å². The summed E-state index contributed by atoms with van der Waals surface area (Å²) in [6, 6.07) is 8.65. The Kier molecular flexibility index (Phi) is 7.58. The van der Waals surface area contributed by atoms with Crippen molar-refractivity contribution in [3.63, 3.8) is 0 Å². The molecule has 1 aromatic heterocycles. The van der Waals surface area contributed by atoms with Crippen LogP contribution in [0.4, 0.5) is 5.69 Å². The highest BCUT2D eigenvalue weighted by Crippen LogP contribution is 2.19. The Morgan fingerprint density at radius 2 is 1.83 bits per heavy atom. The zero-order valence-corrected chi connectivity index (χ0v) is 18.0. The molecule has 9 heteroatoms. The lowest BCUT2D eigenvalue weighted by atomic mass is 10.1. The number of nitrogens with zero attached hydrogens (tertiary/aromatic N) is 2. The molecule has 2 rings (SSSR count). The number of aromatic nitrogens is 1. The Balaban J connectivity index is 2.04. The van der Waals surface area contributed by atoms with Crippen LogP contribution in [0.2, 0.25) is 0 Å². The van der Waals surface area contributed by atoms with Gasteiger partial charge >= 0.3 is 5.97 Å². The van der Waals surface area contributed by atoms with Gasteiger partial charge in [-0.3, -0.25) is 4.79 Å². The molecule has 0 fully saturated rings. The van der Waals surface area contributed by atoms with Gasteiger partial charge in [0.15, 0.2) is 6.61 Å². The minimum absolute atomic E-state index is 0.0106.